The lowest BCUT2D eigenvalue weighted by Gasteiger charge is -2.26. The van der Waals surface area contributed by atoms with E-state index in [0.29, 0.717) is 16.8 Å². The molecule has 0 bridgehead atoms. The second-order valence-electron chi connectivity index (χ2n) is 8.11. The van der Waals surface area contributed by atoms with Crippen LogP contribution in [0.2, 0.25) is 0 Å². The van der Waals surface area contributed by atoms with Crippen LogP contribution in [-0.2, 0) is 9.59 Å². The number of Topliss-reactive ketones (excluding diaryl/α,β-unsaturated/α-hetero) is 1. The number of phenols is 1. The van der Waals surface area contributed by atoms with Gasteiger partial charge in [-0.2, -0.15) is 0 Å². The number of para-hydroxylation sites is 1. The number of phenolic OH excluding ortho intramolecular Hbond substituents is 1. The summed E-state index contributed by atoms with van der Waals surface area (Å²) in [5.74, 6) is -1.73. The van der Waals surface area contributed by atoms with Crippen LogP contribution >= 0.6 is 0 Å². The molecular formula is C28H21NO4. The van der Waals surface area contributed by atoms with Crippen molar-refractivity contribution in [3.63, 3.8) is 0 Å². The summed E-state index contributed by atoms with van der Waals surface area (Å²) in [6.07, 6.45) is 0. The SMILES string of the molecule is Cc1ccccc1N1C(=O)C(=O)/C(=C(\O)c2ccc3ccccc3c2)C1c1cccc(O)c1. The molecule has 162 valence electrons. The molecule has 1 amide bonds. The number of aliphatic hydroxyl groups is 1. The van der Waals surface area contributed by atoms with Gasteiger partial charge in [0.25, 0.3) is 11.7 Å². The average molecular weight is 435 g/mol. The molecule has 4 aromatic rings. The summed E-state index contributed by atoms with van der Waals surface area (Å²) in [4.78, 5) is 27.9. The van der Waals surface area contributed by atoms with Crippen LogP contribution in [0.15, 0.2) is 96.6 Å². The van der Waals surface area contributed by atoms with Gasteiger partial charge in [-0.25, -0.2) is 0 Å². The molecule has 1 fully saturated rings. The highest BCUT2D eigenvalue weighted by atomic mass is 16.3. The Bertz CT molecular complexity index is 1450. The van der Waals surface area contributed by atoms with Gasteiger partial charge in [0.05, 0.1) is 11.6 Å². The van der Waals surface area contributed by atoms with Gasteiger partial charge in [0.1, 0.15) is 11.5 Å². The third-order valence-electron chi connectivity index (χ3n) is 6.03. The van der Waals surface area contributed by atoms with E-state index in [1.165, 1.54) is 17.0 Å². The number of ketones is 1. The summed E-state index contributed by atoms with van der Waals surface area (Å²) in [5.41, 5.74) is 2.35. The molecule has 1 aliphatic rings. The van der Waals surface area contributed by atoms with E-state index in [1.807, 2.05) is 49.4 Å². The smallest absolute Gasteiger partial charge is 0.300 e. The van der Waals surface area contributed by atoms with Crippen molar-refractivity contribution < 1.29 is 19.8 Å². The number of amides is 1. The molecule has 0 aliphatic carbocycles. The van der Waals surface area contributed by atoms with E-state index in [9.17, 15) is 19.8 Å². The van der Waals surface area contributed by atoms with Crippen LogP contribution in [-0.4, -0.2) is 21.9 Å². The second-order valence-corrected chi connectivity index (χ2v) is 8.11. The van der Waals surface area contributed by atoms with E-state index in [0.717, 1.165) is 16.3 Å². The summed E-state index contributed by atoms with van der Waals surface area (Å²) in [5, 5.41) is 23.3. The molecule has 5 nitrogen and oxygen atoms in total. The van der Waals surface area contributed by atoms with Crippen molar-refractivity contribution in [3.05, 3.63) is 113 Å². The summed E-state index contributed by atoms with van der Waals surface area (Å²) in [6.45, 7) is 1.86. The summed E-state index contributed by atoms with van der Waals surface area (Å²) < 4.78 is 0. The van der Waals surface area contributed by atoms with Gasteiger partial charge < -0.3 is 10.2 Å². The summed E-state index contributed by atoms with van der Waals surface area (Å²) in [6, 6.07) is 25.9. The third kappa shape index (κ3) is 3.44. The highest BCUT2D eigenvalue weighted by Crippen LogP contribution is 2.43. The first-order valence-electron chi connectivity index (χ1n) is 10.6. The van der Waals surface area contributed by atoms with Crippen molar-refractivity contribution in [1.29, 1.82) is 0 Å². The molecule has 33 heavy (non-hydrogen) atoms. The molecular weight excluding hydrogens is 414 g/mol. The number of rotatable bonds is 3. The molecule has 2 N–H and O–H groups in total. The van der Waals surface area contributed by atoms with Gasteiger partial charge >= 0.3 is 0 Å². The number of nitrogens with zero attached hydrogens (tertiary/aromatic N) is 1. The minimum absolute atomic E-state index is 0.00794. The minimum atomic E-state index is -0.885. The molecule has 1 saturated heterocycles. The van der Waals surface area contributed by atoms with E-state index < -0.39 is 17.7 Å². The molecule has 5 rings (SSSR count). The fourth-order valence-electron chi connectivity index (χ4n) is 4.42. The number of fused-ring (bicyclic) bond motifs is 1. The van der Waals surface area contributed by atoms with E-state index in [4.69, 9.17) is 0 Å². The lowest BCUT2D eigenvalue weighted by molar-refractivity contribution is -0.132. The molecule has 0 spiro atoms. The van der Waals surface area contributed by atoms with Gasteiger partial charge in [0.15, 0.2) is 0 Å². The number of anilines is 1. The largest absolute Gasteiger partial charge is 0.508 e. The van der Waals surface area contributed by atoms with Crippen LogP contribution in [0.25, 0.3) is 16.5 Å². The van der Waals surface area contributed by atoms with Crippen molar-refractivity contribution in [2.75, 3.05) is 4.90 Å². The Morgan fingerprint density at radius 2 is 1.55 bits per heavy atom. The maximum Gasteiger partial charge on any atom is 0.300 e. The quantitative estimate of drug-likeness (QED) is 0.254. The highest BCUT2D eigenvalue weighted by molar-refractivity contribution is 6.51. The zero-order chi connectivity index (χ0) is 23.1. The first kappa shape index (κ1) is 20.5. The summed E-state index contributed by atoms with van der Waals surface area (Å²) >= 11 is 0. The molecule has 1 unspecified atom stereocenters. The van der Waals surface area contributed by atoms with Crippen LogP contribution in [0, 0.1) is 6.92 Å². The standard InChI is InChI=1S/C28H21NO4/c1-17-7-2-5-12-23(17)29-25(20-10-6-11-22(30)16-20)24(27(32)28(29)33)26(31)21-14-13-18-8-3-4-9-19(18)15-21/h2-16,25,30-31H,1H3/b26-24-. The van der Waals surface area contributed by atoms with Crippen molar-refractivity contribution in [2.45, 2.75) is 13.0 Å². The Balaban J connectivity index is 1.76. The van der Waals surface area contributed by atoms with E-state index >= 15 is 0 Å². The van der Waals surface area contributed by atoms with Gasteiger partial charge in [-0.1, -0.05) is 66.7 Å². The Kier molecular flexibility index (Phi) is 4.94. The Morgan fingerprint density at radius 3 is 2.30 bits per heavy atom. The molecule has 5 heteroatoms. The first-order valence-corrected chi connectivity index (χ1v) is 10.6. The van der Waals surface area contributed by atoms with Gasteiger partial charge in [-0.15, -0.1) is 0 Å². The predicted molar refractivity (Wildman–Crippen MR) is 128 cm³/mol. The predicted octanol–water partition coefficient (Wildman–Crippen LogP) is 5.48. The minimum Gasteiger partial charge on any atom is -0.508 e. The highest BCUT2D eigenvalue weighted by Gasteiger charge is 2.47. The fraction of sp³-hybridized carbons (Fsp3) is 0.0714. The molecule has 0 radical (unpaired) electrons. The third-order valence-corrected chi connectivity index (χ3v) is 6.03. The number of hydrogen-bond acceptors (Lipinski definition) is 4. The number of carbonyl (C=O) groups is 2. The van der Waals surface area contributed by atoms with Crippen LogP contribution in [0.4, 0.5) is 5.69 Å². The number of carbonyl (C=O) groups excluding carboxylic acids is 2. The first-order chi connectivity index (χ1) is 16.0. The Labute approximate surface area is 190 Å². The van der Waals surface area contributed by atoms with Crippen molar-refractivity contribution >= 4 is 33.9 Å². The van der Waals surface area contributed by atoms with E-state index in [1.54, 1.807) is 36.4 Å². The van der Waals surface area contributed by atoms with Crippen molar-refractivity contribution in [3.8, 4) is 5.75 Å². The van der Waals surface area contributed by atoms with Gasteiger partial charge in [0.2, 0.25) is 0 Å². The second kappa shape index (κ2) is 7.95. The maximum atomic E-state index is 13.3. The number of aliphatic hydroxyl groups excluding tert-OH is 1. The molecule has 0 aromatic heterocycles. The van der Waals surface area contributed by atoms with Crippen LogP contribution < -0.4 is 4.90 Å². The average Bonchev–Trinajstić information content (AvgIpc) is 3.09. The molecule has 1 aliphatic heterocycles. The molecule has 4 aromatic carbocycles. The number of aromatic hydroxyl groups is 1. The number of aryl methyl sites for hydroxylation is 1. The van der Waals surface area contributed by atoms with Gasteiger partial charge in [-0.05, 0) is 53.1 Å². The van der Waals surface area contributed by atoms with E-state index in [2.05, 4.69) is 0 Å². The van der Waals surface area contributed by atoms with Crippen LogP contribution in [0.1, 0.15) is 22.7 Å². The summed E-state index contributed by atoms with van der Waals surface area (Å²) in [7, 11) is 0. The Morgan fingerprint density at radius 1 is 0.818 bits per heavy atom. The van der Waals surface area contributed by atoms with Crippen LogP contribution in [0.3, 0.4) is 0 Å². The van der Waals surface area contributed by atoms with Crippen molar-refractivity contribution in [2.24, 2.45) is 0 Å². The molecule has 1 heterocycles. The molecule has 0 saturated carbocycles. The normalized spacial score (nSPS) is 17.6. The maximum absolute atomic E-state index is 13.3. The van der Waals surface area contributed by atoms with E-state index in [-0.39, 0.29) is 17.1 Å². The Hall–Kier alpha value is -4.38. The van der Waals surface area contributed by atoms with Gasteiger partial charge in [-0.3, -0.25) is 14.5 Å². The lowest BCUT2D eigenvalue weighted by Crippen LogP contribution is -2.30. The monoisotopic (exact) mass is 435 g/mol. The zero-order valence-electron chi connectivity index (χ0n) is 17.9. The van der Waals surface area contributed by atoms with Crippen LogP contribution in [0.5, 0.6) is 5.75 Å². The topological polar surface area (TPSA) is 77.8 Å². The number of hydrogen-bond donors (Lipinski definition) is 2. The zero-order valence-corrected chi connectivity index (χ0v) is 17.9. The fourth-order valence-corrected chi connectivity index (χ4v) is 4.42. The van der Waals surface area contributed by atoms with Crippen molar-refractivity contribution in [1.82, 2.24) is 0 Å². The number of benzene rings is 4. The molecule has 1 atom stereocenters. The lowest BCUT2D eigenvalue weighted by atomic mass is 9.94. The van der Waals surface area contributed by atoms with Gasteiger partial charge in [0, 0.05) is 11.3 Å².